The molecule has 2 aromatic rings. The van der Waals surface area contributed by atoms with E-state index in [-0.39, 0.29) is 0 Å². The molecule has 3 rings (SSSR count). The van der Waals surface area contributed by atoms with Crippen LogP contribution in [0.2, 0.25) is 0 Å². The lowest BCUT2D eigenvalue weighted by Gasteiger charge is -2.33. The highest BCUT2D eigenvalue weighted by Gasteiger charge is 2.18. The number of nitrogens with one attached hydrogen (secondary N) is 1. The normalized spacial score (nSPS) is 19.2. The molecule has 0 amide bonds. The molecule has 18 heavy (non-hydrogen) atoms. The maximum Gasteiger partial charge on any atom is 0.181 e. The van der Waals surface area contributed by atoms with Crippen LogP contribution in [-0.2, 0) is 0 Å². The lowest BCUT2D eigenvalue weighted by atomic mass is 10.1. The van der Waals surface area contributed by atoms with Gasteiger partial charge in [0.05, 0.1) is 10.2 Å². The van der Waals surface area contributed by atoms with Gasteiger partial charge in [-0.05, 0) is 24.6 Å². The zero-order chi connectivity index (χ0) is 12.5. The Bertz CT molecular complexity index is 545. The molecule has 0 saturated carbocycles. The van der Waals surface area contributed by atoms with Gasteiger partial charge in [-0.1, -0.05) is 17.4 Å². The van der Waals surface area contributed by atoms with Gasteiger partial charge in [0.25, 0.3) is 0 Å². The number of hydrogen-bond donors (Lipinski definition) is 2. The number of thiazole rings is 1. The predicted molar refractivity (Wildman–Crippen MR) is 76.9 cm³/mol. The number of aromatic nitrogens is 1. The first-order valence-corrected chi connectivity index (χ1v) is 7.16. The number of piperazine rings is 1. The fourth-order valence-corrected chi connectivity index (χ4v) is 3.28. The van der Waals surface area contributed by atoms with Crippen molar-refractivity contribution in [1.82, 2.24) is 15.2 Å². The Kier molecular flexibility index (Phi) is 3.20. The standard InChI is InChI=1S/C13H18N4S/c1-9(17-6-4-15-5-7-17)10-2-3-11-12(8-10)18-13(14)16-11/h2-3,8-9,15H,4-7H2,1H3,(H2,14,16). The first-order chi connectivity index (χ1) is 8.74. The largest absolute Gasteiger partial charge is 0.375 e. The van der Waals surface area contributed by atoms with Gasteiger partial charge in [-0.3, -0.25) is 4.90 Å². The number of benzene rings is 1. The molecule has 96 valence electrons. The van der Waals surface area contributed by atoms with E-state index in [0.717, 1.165) is 31.7 Å². The summed E-state index contributed by atoms with van der Waals surface area (Å²) < 4.78 is 1.19. The molecule has 1 aliphatic heterocycles. The summed E-state index contributed by atoms with van der Waals surface area (Å²) in [6, 6.07) is 6.94. The van der Waals surface area contributed by atoms with E-state index < -0.39 is 0 Å². The van der Waals surface area contributed by atoms with Gasteiger partial charge in [-0.15, -0.1) is 0 Å². The van der Waals surface area contributed by atoms with Crippen LogP contribution in [0.4, 0.5) is 5.13 Å². The second-order valence-corrected chi connectivity index (χ2v) is 5.80. The van der Waals surface area contributed by atoms with Crippen molar-refractivity contribution in [2.45, 2.75) is 13.0 Å². The SMILES string of the molecule is CC(c1ccc2nc(N)sc2c1)N1CCNCC1. The second kappa shape index (κ2) is 4.84. The Morgan fingerprint density at radius 2 is 2.17 bits per heavy atom. The van der Waals surface area contributed by atoms with E-state index in [4.69, 9.17) is 5.73 Å². The maximum atomic E-state index is 5.75. The van der Waals surface area contributed by atoms with E-state index in [1.165, 1.54) is 10.3 Å². The average molecular weight is 262 g/mol. The van der Waals surface area contributed by atoms with Gasteiger partial charge in [0.15, 0.2) is 5.13 Å². The summed E-state index contributed by atoms with van der Waals surface area (Å²) in [5.41, 5.74) is 8.11. The molecule has 3 N–H and O–H groups in total. The van der Waals surface area contributed by atoms with Crippen molar-refractivity contribution in [1.29, 1.82) is 0 Å². The van der Waals surface area contributed by atoms with Crippen LogP contribution in [0.1, 0.15) is 18.5 Å². The van der Waals surface area contributed by atoms with Crippen LogP contribution in [0, 0.1) is 0 Å². The van der Waals surface area contributed by atoms with Gasteiger partial charge in [0, 0.05) is 32.2 Å². The Morgan fingerprint density at radius 1 is 1.39 bits per heavy atom. The van der Waals surface area contributed by atoms with Crippen molar-refractivity contribution in [3.05, 3.63) is 23.8 Å². The molecule has 1 saturated heterocycles. The Labute approximate surface area is 111 Å². The molecule has 0 aliphatic carbocycles. The summed E-state index contributed by atoms with van der Waals surface area (Å²) >= 11 is 1.57. The van der Waals surface area contributed by atoms with Crippen molar-refractivity contribution in [2.24, 2.45) is 0 Å². The van der Waals surface area contributed by atoms with Crippen LogP contribution >= 0.6 is 11.3 Å². The third-order valence-electron chi connectivity index (χ3n) is 3.61. The topological polar surface area (TPSA) is 54.2 Å². The fourth-order valence-electron chi connectivity index (χ4n) is 2.50. The number of nitrogens with two attached hydrogens (primary N) is 1. The lowest BCUT2D eigenvalue weighted by molar-refractivity contribution is 0.185. The molecule has 1 unspecified atom stereocenters. The quantitative estimate of drug-likeness (QED) is 0.867. The Morgan fingerprint density at radius 3 is 2.94 bits per heavy atom. The fraction of sp³-hybridized carbons (Fsp3) is 0.462. The van der Waals surface area contributed by atoms with Crippen LogP contribution in [-0.4, -0.2) is 36.1 Å². The number of nitrogen functional groups attached to an aromatic ring is 1. The molecule has 1 fully saturated rings. The molecule has 2 heterocycles. The minimum Gasteiger partial charge on any atom is -0.375 e. The molecule has 4 nitrogen and oxygen atoms in total. The van der Waals surface area contributed by atoms with E-state index in [9.17, 15) is 0 Å². The van der Waals surface area contributed by atoms with Gasteiger partial charge >= 0.3 is 0 Å². The summed E-state index contributed by atoms with van der Waals surface area (Å²) in [4.78, 5) is 6.81. The number of rotatable bonds is 2. The number of hydrogen-bond acceptors (Lipinski definition) is 5. The van der Waals surface area contributed by atoms with E-state index in [1.54, 1.807) is 11.3 Å². The molecule has 1 aliphatic rings. The summed E-state index contributed by atoms with van der Waals surface area (Å²) in [6.07, 6.45) is 0. The maximum absolute atomic E-state index is 5.75. The van der Waals surface area contributed by atoms with Crippen molar-refractivity contribution < 1.29 is 0 Å². The van der Waals surface area contributed by atoms with E-state index >= 15 is 0 Å². The minimum atomic E-state index is 0.458. The molecule has 0 spiro atoms. The van der Waals surface area contributed by atoms with Crippen LogP contribution in [0.3, 0.4) is 0 Å². The van der Waals surface area contributed by atoms with Gasteiger partial charge in [0.2, 0.25) is 0 Å². The van der Waals surface area contributed by atoms with E-state index in [1.807, 2.05) is 0 Å². The van der Waals surface area contributed by atoms with E-state index in [2.05, 4.69) is 40.3 Å². The zero-order valence-corrected chi connectivity index (χ0v) is 11.3. The molecule has 5 heteroatoms. The van der Waals surface area contributed by atoms with Gasteiger partial charge in [0.1, 0.15) is 0 Å². The smallest absolute Gasteiger partial charge is 0.181 e. The number of fused-ring (bicyclic) bond motifs is 1. The predicted octanol–water partition coefficient (Wildman–Crippen LogP) is 1.84. The monoisotopic (exact) mass is 262 g/mol. The third kappa shape index (κ3) is 2.21. The average Bonchev–Trinajstić information content (AvgIpc) is 2.78. The molecule has 1 aromatic carbocycles. The lowest BCUT2D eigenvalue weighted by Crippen LogP contribution is -2.44. The third-order valence-corrected chi connectivity index (χ3v) is 4.46. The van der Waals surface area contributed by atoms with Crippen molar-refractivity contribution in [2.75, 3.05) is 31.9 Å². The number of anilines is 1. The molecule has 0 radical (unpaired) electrons. The highest BCUT2D eigenvalue weighted by Crippen LogP contribution is 2.28. The first-order valence-electron chi connectivity index (χ1n) is 6.35. The Hall–Kier alpha value is -1.17. The van der Waals surface area contributed by atoms with Crippen LogP contribution < -0.4 is 11.1 Å². The van der Waals surface area contributed by atoms with Gasteiger partial charge in [-0.2, -0.15) is 0 Å². The van der Waals surface area contributed by atoms with Gasteiger partial charge in [-0.25, -0.2) is 4.98 Å². The van der Waals surface area contributed by atoms with Crippen molar-refractivity contribution >= 4 is 26.7 Å². The minimum absolute atomic E-state index is 0.458. The summed E-state index contributed by atoms with van der Waals surface area (Å²) in [7, 11) is 0. The zero-order valence-electron chi connectivity index (χ0n) is 10.5. The first kappa shape index (κ1) is 11.9. The number of nitrogens with zero attached hydrogens (tertiary/aromatic N) is 2. The molecular formula is C13H18N4S. The van der Waals surface area contributed by atoms with Crippen molar-refractivity contribution in [3.63, 3.8) is 0 Å². The molecule has 1 atom stereocenters. The molecule has 1 aromatic heterocycles. The summed E-state index contributed by atoms with van der Waals surface area (Å²) in [5.74, 6) is 0. The summed E-state index contributed by atoms with van der Waals surface area (Å²) in [5, 5.41) is 4.04. The van der Waals surface area contributed by atoms with Crippen LogP contribution in [0.5, 0.6) is 0 Å². The summed E-state index contributed by atoms with van der Waals surface area (Å²) in [6.45, 7) is 6.67. The Balaban J connectivity index is 1.88. The van der Waals surface area contributed by atoms with Gasteiger partial charge < -0.3 is 11.1 Å². The highest BCUT2D eigenvalue weighted by atomic mass is 32.1. The van der Waals surface area contributed by atoms with Crippen LogP contribution in [0.15, 0.2) is 18.2 Å². The molecular weight excluding hydrogens is 244 g/mol. The van der Waals surface area contributed by atoms with Crippen molar-refractivity contribution in [3.8, 4) is 0 Å². The second-order valence-electron chi connectivity index (χ2n) is 4.74. The molecule has 0 bridgehead atoms. The van der Waals surface area contributed by atoms with E-state index in [0.29, 0.717) is 11.2 Å². The highest BCUT2D eigenvalue weighted by molar-refractivity contribution is 7.22. The van der Waals surface area contributed by atoms with Crippen LogP contribution in [0.25, 0.3) is 10.2 Å².